The van der Waals surface area contributed by atoms with E-state index in [9.17, 15) is 9.50 Å². The molecular weight excluding hydrogens is 245 g/mol. The fourth-order valence-corrected chi connectivity index (χ4v) is 1.54. The predicted molar refractivity (Wildman–Crippen MR) is 74.8 cm³/mol. The highest BCUT2D eigenvalue weighted by Gasteiger charge is 2.26. The quantitative estimate of drug-likeness (QED) is 0.834. The Hall–Kier alpha value is -1.13. The Kier molecular flexibility index (Phi) is 5.32. The Balaban J connectivity index is 2.90. The van der Waals surface area contributed by atoms with Gasteiger partial charge in [-0.2, -0.15) is 0 Å². The zero-order chi connectivity index (χ0) is 14.6. The van der Waals surface area contributed by atoms with Crippen LogP contribution in [0.2, 0.25) is 0 Å². The van der Waals surface area contributed by atoms with Gasteiger partial charge in [0.05, 0.1) is 5.60 Å². The van der Waals surface area contributed by atoms with Gasteiger partial charge in [0.25, 0.3) is 0 Å². The van der Waals surface area contributed by atoms with Crippen LogP contribution in [0.25, 0.3) is 0 Å². The summed E-state index contributed by atoms with van der Waals surface area (Å²) in [6.07, 6.45) is 0. The van der Waals surface area contributed by atoms with E-state index in [1.54, 1.807) is 13.0 Å². The van der Waals surface area contributed by atoms with Gasteiger partial charge in [-0.25, -0.2) is 4.39 Å². The van der Waals surface area contributed by atoms with Gasteiger partial charge in [-0.05, 0) is 32.9 Å². The Morgan fingerprint density at radius 2 is 2.00 bits per heavy atom. The highest BCUT2D eigenvalue weighted by Crippen LogP contribution is 2.27. The van der Waals surface area contributed by atoms with Crippen molar-refractivity contribution in [3.8, 4) is 5.75 Å². The first-order valence-corrected chi connectivity index (χ1v) is 6.60. The molecule has 0 radical (unpaired) electrons. The summed E-state index contributed by atoms with van der Waals surface area (Å²) >= 11 is 0. The van der Waals surface area contributed by atoms with E-state index in [-0.39, 0.29) is 24.4 Å². The fraction of sp³-hybridized carbons (Fsp3) is 0.600. The molecular formula is C15H24FNO2. The average Bonchev–Trinajstić information content (AvgIpc) is 2.35. The summed E-state index contributed by atoms with van der Waals surface area (Å²) in [4.78, 5) is 0. The first-order chi connectivity index (χ1) is 8.77. The Bertz CT molecular complexity index is 419. The van der Waals surface area contributed by atoms with Crippen LogP contribution in [-0.4, -0.2) is 24.4 Å². The van der Waals surface area contributed by atoms with Gasteiger partial charge in [0.1, 0.15) is 18.2 Å². The predicted octanol–water partition coefficient (Wildman–Crippen LogP) is 2.89. The highest BCUT2D eigenvalue weighted by molar-refractivity contribution is 5.36. The topological polar surface area (TPSA) is 41.5 Å². The van der Waals surface area contributed by atoms with Crippen LogP contribution in [0.3, 0.4) is 0 Å². The lowest BCUT2D eigenvalue weighted by atomic mass is 9.93. The molecule has 2 atom stereocenters. The van der Waals surface area contributed by atoms with Crippen LogP contribution in [0.4, 0.5) is 4.39 Å². The smallest absolute Gasteiger partial charge is 0.127 e. The molecule has 1 aromatic carbocycles. The second kappa shape index (κ2) is 6.35. The molecule has 0 bridgehead atoms. The summed E-state index contributed by atoms with van der Waals surface area (Å²) in [5, 5.41) is 13.3. The van der Waals surface area contributed by atoms with Crippen LogP contribution in [0.5, 0.6) is 5.75 Å². The number of rotatable bonds is 6. The van der Waals surface area contributed by atoms with Crippen LogP contribution in [0.1, 0.15) is 39.3 Å². The number of ether oxygens (including phenoxy) is 1. The van der Waals surface area contributed by atoms with Crippen LogP contribution in [-0.2, 0) is 0 Å². The van der Waals surface area contributed by atoms with Crippen LogP contribution >= 0.6 is 0 Å². The molecule has 0 aliphatic heterocycles. The maximum Gasteiger partial charge on any atom is 0.127 e. The molecule has 0 aromatic heterocycles. The van der Waals surface area contributed by atoms with Crippen molar-refractivity contribution in [3.63, 3.8) is 0 Å². The van der Waals surface area contributed by atoms with E-state index in [0.29, 0.717) is 5.75 Å². The third-order valence-corrected chi connectivity index (χ3v) is 3.64. The zero-order valence-corrected chi connectivity index (χ0v) is 12.3. The van der Waals surface area contributed by atoms with Gasteiger partial charge in [0.15, 0.2) is 0 Å². The molecule has 2 N–H and O–H groups in total. The Labute approximate surface area is 114 Å². The molecule has 0 aliphatic carbocycles. The van der Waals surface area contributed by atoms with Crippen molar-refractivity contribution < 1.29 is 14.2 Å². The zero-order valence-electron chi connectivity index (χ0n) is 12.3. The molecule has 19 heavy (non-hydrogen) atoms. The molecule has 2 unspecified atom stereocenters. The lowest BCUT2D eigenvalue weighted by Crippen LogP contribution is -2.38. The van der Waals surface area contributed by atoms with Gasteiger partial charge < -0.3 is 15.2 Å². The number of halogens is 1. The molecule has 3 nitrogen and oxygen atoms in total. The van der Waals surface area contributed by atoms with Crippen molar-refractivity contribution >= 4 is 0 Å². The SMILES string of the molecule is CNC(C)c1ccc(F)cc1OCC(C)(O)C(C)C. The van der Waals surface area contributed by atoms with Crippen molar-refractivity contribution in [3.05, 3.63) is 29.6 Å². The van der Waals surface area contributed by atoms with Gasteiger partial charge in [0.2, 0.25) is 0 Å². The van der Waals surface area contributed by atoms with Crippen LogP contribution in [0, 0.1) is 11.7 Å². The molecule has 108 valence electrons. The Morgan fingerprint density at radius 3 is 2.53 bits per heavy atom. The molecule has 0 heterocycles. The van der Waals surface area contributed by atoms with E-state index in [2.05, 4.69) is 5.32 Å². The average molecular weight is 269 g/mol. The second-order valence-corrected chi connectivity index (χ2v) is 5.49. The van der Waals surface area contributed by atoms with E-state index >= 15 is 0 Å². The van der Waals surface area contributed by atoms with Gasteiger partial charge in [-0.1, -0.05) is 19.9 Å². The standard InChI is InChI=1S/C15H24FNO2/c1-10(2)15(4,18)9-19-14-8-12(16)6-7-13(14)11(3)17-5/h6-8,10-11,17-18H,9H2,1-5H3. The largest absolute Gasteiger partial charge is 0.490 e. The van der Waals surface area contributed by atoms with Crippen molar-refractivity contribution in [2.75, 3.05) is 13.7 Å². The van der Waals surface area contributed by atoms with Crippen molar-refractivity contribution in [2.24, 2.45) is 5.92 Å². The summed E-state index contributed by atoms with van der Waals surface area (Å²) in [6, 6.07) is 4.53. The minimum absolute atomic E-state index is 0.0552. The second-order valence-electron chi connectivity index (χ2n) is 5.49. The minimum Gasteiger partial charge on any atom is -0.490 e. The van der Waals surface area contributed by atoms with E-state index < -0.39 is 5.60 Å². The van der Waals surface area contributed by atoms with Crippen molar-refractivity contribution in [1.29, 1.82) is 0 Å². The number of hydrogen-bond acceptors (Lipinski definition) is 3. The minimum atomic E-state index is -0.938. The van der Waals surface area contributed by atoms with Gasteiger partial charge in [-0.15, -0.1) is 0 Å². The lowest BCUT2D eigenvalue weighted by Gasteiger charge is -2.28. The normalized spacial score (nSPS) is 16.2. The van der Waals surface area contributed by atoms with Crippen LogP contribution in [0.15, 0.2) is 18.2 Å². The van der Waals surface area contributed by atoms with Gasteiger partial charge in [0, 0.05) is 17.7 Å². The highest BCUT2D eigenvalue weighted by atomic mass is 19.1. The molecule has 0 saturated heterocycles. The first-order valence-electron chi connectivity index (χ1n) is 6.60. The molecule has 0 saturated carbocycles. The number of aliphatic hydroxyl groups is 1. The van der Waals surface area contributed by atoms with Gasteiger partial charge in [-0.3, -0.25) is 0 Å². The molecule has 1 rings (SSSR count). The summed E-state index contributed by atoms with van der Waals surface area (Å²) in [5.41, 5.74) is -0.0598. The number of hydrogen-bond donors (Lipinski definition) is 2. The number of benzene rings is 1. The van der Waals surface area contributed by atoms with E-state index in [1.807, 2.05) is 27.8 Å². The van der Waals surface area contributed by atoms with E-state index in [1.165, 1.54) is 12.1 Å². The fourth-order valence-electron chi connectivity index (χ4n) is 1.54. The van der Waals surface area contributed by atoms with Gasteiger partial charge >= 0.3 is 0 Å². The summed E-state index contributed by atoms with van der Waals surface area (Å²) in [6.45, 7) is 7.68. The lowest BCUT2D eigenvalue weighted by molar-refractivity contribution is -0.0270. The summed E-state index contributed by atoms with van der Waals surface area (Å²) in [7, 11) is 1.84. The maximum atomic E-state index is 13.3. The molecule has 1 aromatic rings. The third kappa shape index (κ3) is 4.18. The maximum absolute atomic E-state index is 13.3. The summed E-state index contributed by atoms with van der Waals surface area (Å²) in [5.74, 6) is 0.195. The van der Waals surface area contributed by atoms with Crippen molar-refractivity contribution in [2.45, 2.75) is 39.3 Å². The molecule has 0 amide bonds. The monoisotopic (exact) mass is 269 g/mol. The van der Waals surface area contributed by atoms with Crippen molar-refractivity contribution in [1.82, 2.24) is 5.32 Å². The van der Waals surface area contributed by atoms with E-state index in [0.717, 1.165) is 5.56 Å². The Morgan fingerprint density at radius 1 is 1.37 bits per heavy atom. The molecule has 4 heteroatoms. The molecule has 0 aliphatic rings. The van der Waals surface area contributed by atoms with E-state index in [4.69, 9.17) is 4.74 Å². The van der Waals surface area contributed by atoms with Crippen LogP contribution < -0.4 is 10.1 Å². The number of nitrogens with one attached hydrogen (secondary N) is 1. The third-order valence-electron chi connectivity index (χ3n) is 3.64. The first kappa shape index (κ1) is 15.9. The summed E-state index contributed by atoms with van der Waals surface area (Å²) < 4.78 is 19.0. The molecule has 0 fully saturated rings. The molecule has 0 spiro atoms.